The van der Waals surface area contributed by atoms with Crippen LogP contribution >= 0.6 is 0 Å². The number of piperazine rings is 1. The molecule has 1 atom stereocenters. The van der Waals surface area contributed by atoms with Gasteiger partial charge in [0.15, 0.2) is 0 Å². The van der Waals surface area contributed by atoms with E-state index in [0.29, 0.717) is 18.7 Å². The van der Waals surface area contributed by atoms with E-state index in [2.05, 4.69) is 0 Å². The second kappa shape index (κ2) is 8.01. The number of carbonyl (C=O) groups is 2. The lowest BCUT2D eigenvalue weighted by Crippen LogP contribution is -2.60. The lowest BCUT2D eigenvalue weighted by atomic mass is 10.0. The number of methoxy groups -OCH3 is 1. The topological polar surface area (TPSA) is 75.9 Å². The molecule has 0 spiro atoms. The third-order valence-electron chi connectivity index (χ3n) is 4.61. The van der Waals surface area contributed by atoms with Gasteiger partial charge in [0.25, 0.3) is 0 Å². The highest BCUT2D eigenvalue weighted by atomic mass is 16.5. The molecular weight excluding hydrogens is 330 g/mol. The standard InChI is InChI=1S/C20H23N3O3/c1-26-18-9-5-8-16(11-18)22-13-17(10-15-6-3-2-4-7-15)23(14-20(22)25)19(24)12-21/h2-9,11,17H,10,12-14,21H2,1H3/t17-/m1/s1. The number of nitrogens with two attached hydrogens (primary N) is 1. The van der Waals surface area contributed by atoms with Crippen LogP contribution < -0.4 is 15.4 Å². The lowest BCUT2D eigenvalue weighted by Gasteiger charge is -2.41. The van der Waals surface area contributed by atoms with Crippen molar-refractivity contribution in [1.29, 1.82) is 0 Å². The summed E-state index contributed by atoms with van der Waals surface area (Å²) in [4.78, 5) is 28.3. The van der Waals surface area contributed by atoms with E-state index in [1.807, 2.05) is 54.6 Å². The third-order valence-corrected chi connectivity index (χ3v) is 4.61. The molecular formula is C20H23N3O3. The molecule has 0 radical (unpaired) electrons. The SMILES string of the molecule is COc1cccc(N2C[C@@H](Cc3ccccc3)N(C(=O)CN)CC2=O)c1. The number of ether oxygens (including phenoxy) is 1. The Morgan fingerprint density at radius 1 is 1.19 bits per heavy atom. The maximum Gasteiger partial charge on any atom is 0.246 e. The summed E-state index contributed by atoms with van der Waals surface area (Å²) < 4.78 is 5.26. The Balaban J connectivity index is 1.87. The molecule has 6 nitrogen and oxygen atoms in total. The molecule has 1 saturated heterocycles. The van der Waals surface area contributed by atoms with Crippen LogP contribution in [0.1, 0.15) is 5.56 Å². The first kappa shape index (κ1) is 17.9. The molecule has 1 fully saturated rings. The van der Waals surface area contributed by atoms with Gasteiger partial charge in [-0.1, -0.05) is 36.4 Å². The van der Waals surface area contributed by atoms with Crippen molar-refractivity contribution in [2.75, 3.05) is 31.6 Å². The second-order valence-corrected chi connectivity index (χ2v) is 6.28. The zero-order valence-corrected chi connectivity index (χ0v) is 14.8. The molecule has 1 aliphatic rings. The molecule has 2 aromatic carbocycles. The van der Waals surface area contributed by atoms with Crippen molar-refractivity contribution in [3.63, 3.8) is 0 Å². The Bertz CT molecular complexity index is 779. The van der Waals surface area contributed by atoms with Gasteiger partial charge in [-0.25, -0.2) is 0 Å². The van der Waals surface area contributed by atoms with E-state index in [1.165, 1.54) is 0 Å². The van der Waals surface area contributed by atoms with E-state index in [1.54, 1.807) is 16.9 Å². The quantitative estimate of drug-likeness (QED) is 0.883. The van der Waals surface area contributed by atoms with Crippen molar-refractivity contribution in [2.45, 2.75) is 12.5 Å². The summed E-state index contributed by atoms with van der Waals surface area (Å²) in [5.41, 5.74) is 7.44. The van der Waals surface area contributed by atoms with Crippen molar-refractivity contribution in [2.24, 2.45) is 5.73 Å². The predicted molar refractivity (Wildman–Crippen MR) is 100 cm³/mol. The first-order valence-electron chi connectivity index (χ1n) is 8.60. The molecule has 0 saturated carbocycles. The van der Waals surface area contributed by atoms with Crippen molar-refractivity contribution in [1.82, 2.24) is 4.90 Å². The summed E-state index contributed by atoms with van der Waals surface area (Å²) in [6, 6.07) is 17.2. The van der Waals surface area contributed by atoms with Crippen molar-refractivity contribution in [3.05, 3.63) is 60.2 Å². The monoisotopic (exact) mass is 353 g/mol. The molecule has 0 aromatic heterocycles. The van der Waals surface area contributed by atoms with E-state index in [-0.39, 0.29) is 30.9 Å². The Labute approximate surface area is 153 Å². The zero-order chi connectivity index (χ0) is 18.5. The van der Waals surface area contributed by atoms with Gasteiger partial charge in [0.1, 0.15) is 12.3 Å². The summed E-state index contributed by atoms with van der Waals surface area (Å²) in [7, 11) is 1.59. The maximum absolute atomic E-state index is 12.7. The molecule has 26 heavy (non-hydrogen) atoms. The molecule has 2 aromatic rings. The van der Waals surface area contributed by atoms with E-state index >= 15 is 0 Å². The molecule has 2 amide bonds. The Morgan fingerprint density at radius 3 is 2.65 bits per heavy atom. The second-order valence-electron chi connectivity index (χ2n) is 6.28. The summed E-state index contributed by atoms with van der Waals surface area (Å²) in [6.45, 7) is 0.356. The van der Waals surface area contributed by atoms with Gasteiger partial charge < -0.3 is 20.3 Å². The third kappa shape index (κ3) is 3.86. The van der Waals surface area contributed by atoms with Crippen LogP contribution in [0.25, 0.3) is 0 Å². The van der Waals surface area contributed by atoms with E-state index < -0.39 is 0 Å². The Kier molecular flexibility index (Phi) is 5.53. The molecule has 3 rings (SSSR count). The van der Waals surface area contributed by atoms with Crippen LogP contribution in [0, 0.1) is 0 Å². The Morgan fingerprint density at radius 2 is 1.96 bits per heavy atom. The van der Waals surface area contributed by atoms with Gasteiger partial charge in [-0.3, -0.25) is 9.59 Å². The van der Waals surface area contributed by atoms with Gasteiger partial charge in [0, 0.05) is 18.3 Å². The molecule has 136 valence electrons. The fourth-order valence-corrected chi connectivity index (χ4v) is 3.27. The van der Waals surface area contributed by atoms with Crippen LogP contribution in [0.4, 0.5) is 5.69 Å². The first-order chi connectivity index (χ1) is 12.6. The number of nitrogens with zero attached hydrogens (tertiary/aromatic N) is 2. The average Bonchev–Trinajstić information content (AvgIpc) is 2.69. The van der Waals surface area contributed by atoms with Crippen molar-refractivity contribution < 1.29 is 14.3 Å². The van der Waals surface area contributed by atoms with Gasteiger partial charge in [0.05, 0.1) is 19.7 Å². The number of hydrogen-bond donors (Lipinski definition) is 1. The first-order valence-corrected chi connectivity index (χ1v) is 8.60. The minimum Gasteiger partial charge on any atom is -0.497 e. The highest BCUT2D eigenvalue weighted by Crippen LogP contribution is 2.25. The molecule has 0 bridgehead atoms. The van der Waals surface area contributed by atoms with Crippen LogP contribution in [0.15, 0.2) is 54.6 Å². The summed E-state index contributed by atoms with van der Waals surface area (Å²) >= 11 is 0. The molecule has 6 heteroatoms. The van der Waals surface area contributed by atoms with E-state index in [0.717, 1.165) is 11.3 Å². The fourth-order valence-electron chi connectivity index (χ4n) is 3.27. The summed E-state index contributed by atoms with van der Waals surface area (Å²) in [5, 5.41) is 0. The number of hydrogen-bond acceptors (Lipinski definition) is 4. The minimum absolute atomic E-state index is 0.0325. The van der Waals surface area contributed by atoms with E-state index in [9.17, 15) is 9.59 Å². The van der Waals surface area contributed by atoms with Gasteiger partial charge in [-0.15, -0.1) is 0 Å². The smallest absolute Gasteiger partial charge is 0.246 e. The van der Waals surface area contributed by atoms with Crippen LogP contribution in [0.5, 0.6) is 5.75 Å². The highest BCUT2D eigenvalue weighted by Gasteiger charge is 2.35. The van der Waals surface area contributed by atoms with Crippen LogP contribution in [-0.2, 0) is 16.0 Å². The largest absolute Gasteiger partial charge is 0.497 e. The number of anilines is 1. The fraction of sp³-hybridized carbons (Fsp3) is 0.300. The lowest BCUT2D eigenvalue weighted by molar-refractivity contribution is -0.138. The molecule has 1 aliphatic heterocycles. The number of amides is 2. The molecule has 1 heterocycles. The Hall–Kier alpha value is -2.86. The normalized spacial score (nSPS) is 17.3. The summed E-state index contributed by atoms with van der Waals surface area (Å²) in [6.07, 6.45) is 0.667. The van der Waals surface area contributed by atoms with Gasteiger partial charge in [-0.2, -0.15) is 0 Å². The summed E-state index contributed by atoms with van der Waals surface area (Å²) in [5.74, 6) is 0.365. The van der Waals surface area contributed by atoms with E-state index in [4.69, 9.17) is 10.5 Å². The van der Waals surface area contributed by atoms with Crippen LogP contribution in [-0.4, -0.2) is 49.5 Å². The predicted octanol–water partition coefficient (Wildman–Crippen LogP) is 1.44. The van der Waals surface area contributed by atoms with Gasteiger partial charge >= 0.3 is 0 Å². The zero-order valence-electron chi connectivity index (χ0n) is 14.8. The van der Waals surface area contributed by atoms with Gasteiger partial charge in [0.2, 0.25) is 11.8 Å². The minimum atomic E-state index is -0.204. The molecule has 0 unspecified atom stereocenters. The van der Waals surface area contributed by atoms with Crippen molar-refractivity contribution >= 4 is 17.5 Å². The number of rotatable bonds is 5. The molecule has 2 N–H and O–H groups in total. The van der Waals surface area contributed by atoms with Crippen molar-refractivity contribution in [3.8, 4) is 5.75 Å². The van der Waals surface area contributed by atoms with Gasteiger partial charge in [-0.05, 0) is 24.1 Å². The van der Waals surface area contributed by atoms with Crippen LogP contribution in [0.2, 0.25) is 0 Å². The molecule has 0 aliphatic carbocycles. The maximum atomic E-state index is 12.7. The number of carbonyl (C=O) groups excluding carboxylic acids is 2. The number of benzene rings is 2. The highest BCUT2D eigenvalue weighted by molar-refractivity contribution is 5.98. The average molecular weight is 353 g/mol. The van der Waals surface area contributed by atoms with Crippen LogP contribution in [0.3, 0.4) is 0 Å².